The Balaban J connectivity index is 0.000000508. The van der Waals surface area contributed by atoms with Gasteiger partial charge in [0.25, 0.3) is 0 Å². The van der Waals surface area contributed by atoms with Crippen LogP contribution in [-0.4, -0.2) is 22.8 Å². The Labute approximate surface area is 141 Å². The molecule has 1 amide bonds. The van der Waals surface area contributed by atoms with E-state index in [2.05, 4.69) is 40.7 Å². The van der Waals surface area contributed by atoms with Crippen LogP contribution in [0.1, 0.15) is 24.8 Å². The fraction of sp³-hybridized carbons (Fsp3) is 0.263. The van der Waals surface area contributed by atoms with Crippen molar-refractivity contribution in [3.05, 3.63) is 48.3 Å². The highest BCUT2D eigenvalue weighted by atomic mass is 16.1. The molecule has 124 valence electrons. The molecule has 2 heterocycles. The first-order valence-electron chi connectivity index (χ1n) is 8.19. The van der Waals surface area contributed by atoms with Crippen molar-refractivity contribution >= 4 is 23.6 Å². The minimum absolute atomic E-state index is 0.544. The van der Waals surface area contributed by atoms with Crippen LogP contribution in [0.2, 0.25) is 0 Å². The molecule has 1 aliphatic rings. The summed E-state index contributed by atoms with van der Waals surface area (Å²) in [6.07, 6.45) is 8.94. The molecule has 3 aromatic rings. The molecule has 5 heteroatoms. The third-order valence-corrected chi connectivity index (χ3v) is 3.85. The molecular formula is C19H22N4O. The summed E-state index contributed by atoms with van der Waals surface area (Å²) in [5.41, 5.74) is 5.35. The van der Waals surface area contributed by atoms with Crippen LogP contribution < -0.4 is 10.6 Å². The molecule has 0 saturated heterocycles. The van der Waals surface area contributed by atoms with Gasteiger partial charge in [0, 0.05) is 18.9 Å². The van der Waals surface area contributed by atoms with Crippen molar-refractivity contribution in [3.8, 4) is 11.1 Å². The lowest BCUT2D eigenvalue weighted by atomic mass is 10.0. The number of aryl methyl sites for hydroxylation is 1. The van der Waals surface area contributed by atoms with E-state index in [0.717, 1.165) is 16.9 Å². The zero-order valence-corrected chi connectivity index (χ0v) is 14.0. The molecule has 5 nitrogen and oxygen atoms in total. The minimum atomic E-state index is 0.544. The predicted molar refractivity (Wildman–Crippen MR) is 98.4 cm³/mol. The average molecular weight is 322 g/mol. The number of imidazole rings is 1. The summed E-state index contributed by atoms with van der Waals surface area (Å²) >= 11 is 0. The molecule has 0 unspecified atom stereocenters. The molecule has 0 aliphatic heterocycles. The van der Waals surface area contributed by atoms with Crippen molar-refractivity contribution in [2.75, 3.05) is 17.7 Å². The number of rotatable bonds is 4. The first-order chi connectivity index (χ1) is 11.7. The number of anilines is 2. The summed E-state index contributed by atoms with van der Waals surface area (Å²) in [6.45, 7) is 2.09. The number of nitrogens with zero attached hydrogens (tertiary/aromatic N) is 2. The Morgan fingerprint density at radius 1 is 1.12 bits per heavy atom. The standard InChI is InChI=1S/C16H16N4O.C3H6/c1-11-3-5-13(17-2)7-14(11)12-4-6-16-19-15(18-10-21)9-20(16)8-12;1-2-3-1/h3-10,17H,1-2H3,(H,18,21);1-3H2. The van der Waals surface area contributed by atoms with Crippen LogP contribution in [0.15, 0.2) is 42.7 Å². The maximum atomic E-state index is 10.5. The van der Waals surface area contributed by atoms with Gasteiger partial charge < -0.3 is 15.0 Å². The first-order valence-corrected chi connectivity index (χ1v) is 8.19. The largest absolute Gasteiger partial charge is 0.388 e. The van der Waals surface area contributed by atoms with E-state index in [1.807, 2.05) is 29.8 Å². The van der Waals surface area contributed by atoms with Gasteiger partial charge in [0.2, 0.25) is 6.41 Å². The first kappa shape index (κ1) is 16.1. The van der Waals surface area contributed by atoms with Gasteiger partial charge in [-0.05, 0) is 47.9 Å². The van der Waals surface area contributed by atoms with Crippen LogP contribution in [0.25, 0.3) is 16.8 Å². The third kappa shape index (κ3) is 3.74. The zero-order valence-electron chi connectivity index (χ0n) is 14.0. The van der Waals surface area contributed by atoms with Crippen LogP contribution in [0.5, 0.6) is 0 Å². The second-order valence-electron chi connectivity index (χ2n) is 5.91. The van der Waals surface area contributed by atoms with Crippen molar-refractivity contribution in [1.29, 1.82) is 0 Å². The van der Waals surface area contributed by atoms with Crippen LogP contribution in [0.3, 0.4) is 0 Å². The lowest BCUT2D eigenvalue weighted by Crippen LogP contribution is -1.92. The average Bonchev–Trinajstić information content (AvgIpc) is 3.42. The van der Waals surface area contributed by atoms with E-state index in [1.165, 1.54) is 30.4 Å². The maximum absolute atomic E-state index is 10.5. The highest BCUT2D eigenvalue weighted by Crippen LogP contribution is 2.27. The fourth-order valence-corrected chi connectivity index (χ4v) is 2.37. The summed E-state index contributed by atoms with van der Waals surface area (Å²) in [5.74, 6) is 0.544. The number of benzene rings is 1. The quantitative estimate of drug-likeness (QED) is 0.711. The molecule has 0 spiro atoms. The molecule has 4 rings (SSSR count). The van der Waals surface area contributed by atoms with Crippen LogP contribution in [-0.2, 0) is 4.79 Å². The fourth-order valence-electron chi connectivity index (χ4n) is 2.37. The van der Waals surface area contributed by atoms with Gasteiger partial charge in [0.1, 0.15) is 5.65 Å². The molecular weight excluding hydrogens is 300 g/mol. The monoisotopic (exact) mass is 322 g/mol. The van der Waals surface area contributed by atoms with Gasteiger partial charge in [-0.2, -0.15) is 0 Å². The topological polar surface area (TPSA) is 58.4 Å². The van der Waals surface area contributed by atoms with Gasteiger partial charge in [-0.1, -0.05) is 25.3 Å². The molecule has 24 heavy (non-hydrogen) atoms. The molecule has 2 aromatic heterocycles. The van der Waals surface area contributed by atoms with Crippen molar-refractivity contribution in [2.45, 2.75) is 26.2 Å². The molecule has 1 fully saturated rings. The van der Waals surface area contributed by atoms with Crippen LogP contribution in [0, 0.1) is 6.92 Å². The van der Waals surface area contributed by atoms with E-state index < -0.39 is 0 Å². The highest BCUT2D eigenvalue weighted by Gasteiger charge is 2.06. The molecule has 0 radical (unpaired) electrons. The van der Waals surface area contributed by atoms with E-state index in [0.29, 0.717) is 12.2 Å². The van der Waals surface area contributed by atoms with Crippen molar-refractivity contribution < 1.29 is 4.79 Å². The second kappa shape index (κ2) is 7.17. The number of amides is 1. The van der Waals surface area contributed by atoms with E-state index in [-0.39, 0.29) is 0 Å². The predicted octanol–water partition coefficient (Wildman–Crippen LogP) is 4.09. The molecule has 1 aliphatic carbocycles. The van der Waals surface area contributed by atoms with Crippen molar-refractivity contribution in [1.82, 2.24) is 9.38 Å². The van der Waals surface area contributed by atoms with Gasteiger partial charge >= 0.3 is 0 Å². The molecule has 1 aromatic carbocycles. The van der Waals surface area contributed by atoms with Gasteiger partial charge in [0.15, 0.2) is 5.82 Å². The lowest BCUT2D eigenvalue weighted by molar-refractivity contribution is -0.105. The Kier molecular flexibility index (Phi) is 4.79. The lowest BCUT2D eigenvalue weighted by Gasteiger charge is -2.09. The molecule has 1 saturated carbocycles. The minimum Gasteiger partial charge on any atom is -0.388 e. The normalized spacial score (nSPS) is 12.2. The number of hydrogen-bond acceptors (Lipinski definition) is 3. The van der Waals surface area contributed by atoms with Gasteiger partial charge in [-0.3, -0.25) is 4.79 Å². The SMILES string of the molecule is C1CC1.CNc1ccc(C)c(-c2ccc3nc(NC=O)cn3c2)c1. The number of hydrogen-bond donors (Lipinski definition) is 2. The smallest absolute Gasteiger partial charge is 0.212 e. The summed E-state index contributed by atoms with van der Waals surface area (Å²) in [6, 6.07) is 10.3. The second-order valence-corrected chi connectivity index (χ2v) is 5.91. The number of fused-ring (bicyclic) bond motifs is 1. The highest BCUT2D eigenvalue weighted by molar-refractivity contribution is 5.73. The van der Waals surface area contributed by atoms with Crippen molar-refractivity contribution in [2.24, 2.45) is 0 Å². The summed E-state index contributed by atoms with van der Waals surface area (Å²) < 4.78 is 1.91. The van der Waals surface area contributed by atoms with Gasteiger partial charge in [0.05, 0.1) is 6.20 Å². The zero-order chi connectivity index (χ0) is 16.9. The summed E-state index contributed by atoms with van der Waals surface area (Å²) in [4.78, 5) is 14.8. The summed E-state index contributed by atoms with van der Waals surface area (Å²) in [5, 5.41) is 5.72. The van der Waals surface area contributed by atoms with E-state index >= 15 is 0 Å². The number of carbonyl (C=O) groups excluding carboxylic acids is 1. The van der Waals surface area contributed by atoms with Gasteiger partial charge in [-0.25, -0.2) is 4.98 Å². The summed E-state index contributed by atoms with van der Waals surface area (Å²) in [7, 11) is 1.91. The third-order valence-electron chi connectivity index (χ3n) is 3.85. The van der Waals surface area contributed by atoms with E-state index in [9.17, 15) is 4.79 Å². The number of carbonyl (C=O) groups is 1. The Hall–Kier alpha value is -2.82. The Morgan fingerprint density at radius 2 is 1.92 bits per heavy atom. The van der Waals surface area contributed by atoms with Gasteiger partial charge in [-0.15, -0.1) is 0 Å². The Bertz CT molecular complexity index is 849. The molecule has 2 N–H and O–H groups in total. The van der Waals surface area contributed by atoms with Crippen LogP contribution in [0.4, 0.5) is 11.5 Å². The molecule has 0 atom stereocenters. The molecule has 0 bridgehead atoms. The Morgan fingerprint density at radius 3 is 2.58 bits per heavy atom. The van der Waals surface area contributed by atoms with Crippen molar-refractivity contribution in [3.63, 3.8) is 0 Å². The van der Waals surface area contributed by atoms with E-state index in [1.54, 1.807) is 6.20 Å². The maximum Gasteiger partial charge on any atom is 0.212 e. The van der Waals surface area contributed by atoms with E-state index in [4.69, 9.17) is 0 Å². The van der Waals surface area contributed by atoms with Crippen LogP contribution >= 0.6 is 0 Å². The number of pyridine rings is 1. The number of nitrogens with one attached hydrogen (secondary N) is 2. The number of aromatic nitrogens is 2.